The van der Waals surface area contributed by atoms with E-state index in [1.54, 1.807) is 0 Å². The molecule has 0 N–H and O–H groups in total. The average Bonchev–Trinajstić information content (AvgIpc) is 3.83. The second-order valence-electron chi connectivity index (χ2n) is 17.8. The van der Waals surface area contributed by atoms with Crippen molar-refractivity contribution in [3.8, 4) is 16.8 Å². The van der Waals surface area contributed by atoms with E-state index in [0.29, 0.717) is 0 Å². The zero-order valence-corrected chi connectivity index (χ0v) is 33.5. The van der Waals surface area contributed by atoms with Crippen molar-refractivity contribution in [2.75, 3.05) is 4.81 Å². The highest BCUT2D eigenvalue weighted by atomic mass is 32.1. The Morgan fingerprint density at radius 3 is 1.80 bits per heavy atom. The SMILES string of the molecule is CC(C)(C)c1ccc(N2B3c4cc(C(C)(C)C)ccc4-n4c5cc6c(cc5c5ccc(c3c54)-c3cc4c(cc32)sc2ccccc24)sc2ccccc26)cc1. The minimum Gasteiger partial charge on any atom is -0.376 e. The molecule has 12 rings (SSSR count). The van der Waals surface area contributed by atoms with Crippen LogP contribution in [0.25, 0.3) is 79.0 Å². The molecule has 2 aliphatic rings. The fourth-order valence-corrected chi connectivity index (χ4v) is 11.9. The molecule has 10 aromatic rings. The van der Waals surface area contributed by atoms with Crippen LogP contribution in [0.5, 0.6) is 0 Å². The van der Waals surface area contributed by atoms with Gasteiger partial charge >= 0.3 is 6.85 Å². The minimum absolute atomic E-state index is 0.000339. The smallest absolute Gasteiger partial charge is 0.333 e. The molecule has 7 aromatic carbocycles. The lowest BCUT2D eigenvalue weighted by atomic mass is 9.43. The topological polar surface area (TPSA) is 8.17 Å². The van der Waals surface area contributed by atoms with Crippen molar-refractivity contribution in [3.63, 3.8) is 0 Å². The number of hydrogen-bond acceptors (Lipinski definition) is 3. The van der Waals surface area contributed by atoms with Crippen LogP contribution < -0.4 is 15.7 Å². The van der Waals surface area contributed by atoms with E-state index < -0.39 is 0 Å². The number of rotatable bonds is 1. The molecule has 3 aromatic heterocycles. The molecule has 5 heteroatoms. The zero-order chi connectivity index (χ0) is 37.1. The van der Waals surface area contributed by atoms with Gasteiger partial charge in [0.15, 0.2) is 0 Å². The molecule has 264 valence electrons. The number of fused-ring (bicyclic) bond motifs is 14. The van der Waals surface area contributed by atoms with Crippen molar-refractivity contribution in [2.45, 2.75) is 52.4 Å². The summed E-state index contributed by atoms with van der Waals surface area (Å²) in [6.07, 6.45) is 0. The van der Waals surface area contributed by atoms with Gasteiger partial charge in [-0.15, -0.1) is 22.7 Å². The predicted octanol–water partition coefficient (Wildman–Crippen LogP) is 13.4. The Bertz CT molecular complexity index is 3290. The maximum absolute atomic E-state index is 2.69. The van der Waals surface area contributed by atoms with Crippen LogP contribution in [0.1, 0.15) is 52.7 Å². The van der Waals surface area contributed by atoms with Crippen LogP contribution in [-0.4, -0.2) is 11.4 Å². The normalized spacial score (nSPS) is 13.9. The van der Waals surface area contributed by atoms with Crippen molar-refractivity contribution in [1.82, 2.24) is 4.57 Å². The van der Waals surface area contributed by atoms with Crippen LogP contribution in [-0.2, 0) is 10.8 Å². The number of anilines is 2. The molecular formula is C50H39BN2S2. The number of benzene rings is 7. The summed E-state index contributed by atoms with van der Waals surface area (Å²) < 4.78 is 7.99. The van der Waals surface area contributed by atoms with Crippen molar-refractivity contribution < 1.29 is 0 Å². The number of hydrogen-bond donors (Lipinski definition) is 0. The van der Waals surface area contributed by atoms with Crippen molar-refractivity contribution >= 4 is 114 Å². The van der Waals surface area contributed by atoms with Gasteiger partial charge in [-0.2, -0.15) is 0 Å². The highest BCUT2D eigenvalue weighted by Crippen LogP contribution is 2.49. The summed E-state index contributed by atoms with van der Waals surface area (Å²) in [5.74, 6) is 0. The maximum atomic E-state index is 2.69. The van der Waals surface area contributed by atoms with Crippen molar-refractivity contribution in [3.05, 3.63) is 139 Å². The molecule has 2 aliphatic heterocycles. The molecule has 2 nitrogen and oxygen atoms in total. The van der Waals surface area contributed by atoms with Crippen LogP contribution in [0.3, 0.4) is 0 Å². The molecule has 0 unspecified atom stereocenters. The lowest BCUT2D eigenvalue weighted by Crippen LogP contribution is -2.60. The highest BCUT2D eigenvalue weighted by Gasteiger charge is 2.44. The Kier molecular flexibility index (Phi) is 6.21. The van der Waals surface area contributed by atoms with Crippen molar-refractivity contribution in [1.29, 1.82) is 0 Å². The van der Waals surface area contributed by atoms with E-state index in [0.717, 1.165) is 0 Å². The summed E-state index contributed by atoms with van der Waals surface area (Å²) in [5, 5.41) is 8.02. The first kappa shape index (κ1) is 31.9. The average molecular weight is 743 g/mol. The molecule has 0 atom stereocenters. The first-order valence-electron chi connectivity index (χ1n) is 19.5. The van der Waals surface area contributed by atoms with Crippen LogP contribution in [0.15, 0.2) is 127 Å². The van der Waals surface area contributed by atoms with Gasteiger partial charge in [0.1, 0.15) is 0 Å². The van der Waals surface area contributed by atoms with Crippen LogP contribution in [0, 0.1) is 0 Å². The molecule has 0 radical (unpaired) electrons. The van der Waals surface area contributed by atoms with Crippen molar-refractivity contribution in [2.24, 2.45) is 0 Å². The molecule has 0 bridgehead atoms. The third-order valence-electron chi connectivity index (χ3n) is 12.5. The summed E-state index contributed by atoms with van der Waals surface area (Å²) in [6.45, 7) is 13.9. The van der Waals surface area contributed by atoms with Crippen LogP contribution >= 0.6 is 22.7 Å². The second kappa shape index (κ2) is 10.7. The first-order chi connectivity index (χ1) is 26.5. The summed E-state index contributed by atoms with van der Waals surface area (Å²) in [7, 11) is 0. The molecule has 0 spiro atoms. The standard InChI is InChI=1S/C50H39BN2S2/c1-49(2,3)28-15-18-30(19-16-28)53-42-27-46-37(31-11-7-9-13-43(31)55-46)24-35(42)33-20-21-34-36-26-45-38(32-12-8-10-14-44(32)54-45)25-41(36)52-40-22-17-29(50(4,5)6)23-39(40)51(53)47(33)48(34)52/h7-27H,1-6H3. The van der Waals surface area contributed by atoms with E-state index in [9.17, 15) is 0 Å². The Balaban J connectivity index is 1.25. The third-order valence-corrected chi connectivity index (χ3v) is 14.8. The highest BCUT2D eigenvalue weighted by molar-refractivity contribution is 7.26. The molecule has 0 amide bonds. The predicted molar refractivity (Wildman–Crippen MR) is 243 cm³/mol. The van der Waals surface area contributed by atoms with Crippen LogP contribution in [0.4, 0.5) is 11.4 Å². The number of nitrogens with zero attached hydrogens (tertiary/aromatic N) is 2. The Hall–Kier alpha value is -5.36. The van der Waals surface area contributed by atoms with Gasteiger partial charge < -0.3 is 9.38 Å². The fraction of sp³-hybridized carbons (Fsp3) is 0.160. The lowest BCUT2D eigenvalue weighted by Gasteiger charge is -2.42. The molecule has 0 fully saturated rings. The van der Waals surface area contributed by atoms with Gasteiger partial charge in [-0.05, 0) is 93.0 Å². The number of thiophene rings is 2. The lowest BCUT2D eigenvalue weighted by molar-refractivity contribution is 0.590. The van der Waals surface area contributed by atoms with E-state index in [-0.39, 0.29) is 17.7 Å². The quantitative estimate of drug-likeness (QED) is 0.152. The zero-order valence-electron chi connectivity index (χ0n) is 31.9. The molecule has 0 saturated carbocycles. The van der Waals surface area contributed by atoms with Gasteiger partial charge in [-0.25, -0.2) is 0 Å². The maximum Gasteiger partial charge on any atom is 0.333 e. The third kappa shape index (κ3) is 4.31. The van der Waals surface area contributed by atoms with E-state index in [1.807, 2.05) is 22.7 Å². The summed E-state index contributed by atoms with van der Waals surface area (Å²) in [4.78, 5) is 2.69. The number of aromatic nitrogens is 1. The van der Waals surface area contributed by atoms with Gasteiger partial charge in [-0.1, -0.05) is 114 Å². The second-order valence-corrected chi connectivity index (χ2v) is 19.9. The first-order valence-corrected chi connectivity index (χ1v) is 21.1. The molecule has 0 aliphatic carbocycles. The molecular weight excluding hydrogens is 704 g/mol. The summed E-state index contributed by atoms with van der Waals surface area (Å²) in [6, 6.07) is 49.4. The van der Waals surface area contributed by atoms with Gasteiger partial charge in [0.25, 0.3) is 0 Å². The van der Waals surface area contributed by atoms with E-state index in [1.165, 1.54) is 112 Å². The Morgan fingerprint density at radius 1 is 0.473 bits per heavy atom. The Labute approximate surface area is 329 Å². The van der Waals surface area contributed by atoms with Gasteiger partial charge in [0, 0.05) is 73.7 Å². The van der Waals surface area contributed by atoms with E-state index in [2.05, 4.69) is 178 Å². The molecule has 5 heterocycles. The van der Waals surface area contributed by atoms with E-state index >= 15 is 0 Å². The largest absolute Gasteiger partial charge is 0.376 e. The fourth-order valence-electron chi connectivity index (χ4n) is 9.70. The van der Waals surface area contributed by atoms with Crippen LogP contribution in [0.2, 0.25) is 0 Å². The summed E-state index contributed by atoms with van der Waals surface area (Å²) >= 11 is 3.82. The molecule has 0 saturated heterocycles. The monoisotopic (exact) mass is 742 g/mol. The Morgan fingerprint density at radius 2 is 1.11 bits per heavy atom. The van der Waals surface area contributed by atoms with Gasteiger partial charge in [-0.3, -0.25) is 0 Å². The summed E-state index contributed by atoms with van der Waals surface area (Å²) in [5.41, 5.74) is 14.6. The van der Waals surface area contributed by atoms with E-state index in [4.69, 9.17) is 0 Å². The van der Waals surface area contributed by atoms with Gasteiger partial charge in [0.05, 0.1) is 11.0 Å². The van der Waals surface area contributed by atoms with Gasteiger partial charge in [0.2, 0.25) is 0 Å². The minimum atomic E-state index is -0.00502. The molecule has 55 heavy (non-hydrogen) atoms.